The van der Waals surface area contributed by atoms with Gasteiger partial charge in [-0.05, 0) is 60.9 Å². The van der Waals surface area contributed by atoms with E-state index in [9.17, 15) is 4.79 Å². The van der Waals surface area contributed by atoms with Crippen molar-refractivity contribution in [2.24, 2.45) is 0 Å². The number of amides is 2. The van der Waals surface area contributed by atoms with Crippen molar-refractivity contribution in [1.82, 2.24) is 9.47 Å². The summed E-state index contributed by atoms with van der Waals surface area (Å²) in [5.74, 6) is 0. The summed E-state index contributed by atoms with van der Waals surface area (Å²) >= 11 is 6.42. The van der Waals surface area contributed by atoms with Gasteiger partial charge in [-0.2, -0.15) is 0 Å². The lowest BCUT2D eigenvalue weighted by molar-refractivity contribution is 0.194. The molecule has 3 aromatic carbocycles. The molecule has 0 saturated carbocycles. The van der Waals surface area contributed by atoms with Gasteiger partial charge in [-0.15, -0.1) is 0 Å². The van der Waals surface area contributed by atoms with Gasteiger partial charge in [0.2, 0.25) is 0 Å². The molecule has 1 aliphatic heterocycles. The second kappa shape index (κ2) is 8.21. The number of aromatic nitrogens is 1. The number of hydrogen-bond donors (Lipinski definition) is 1. The number of carbonyl (C=O) groups is 1. The zero-order chi connectivity index (χ0) is 22.2. The second-order valence-corrected chi connectivity index (χ2v) is 8.69. The first-order valence-electron chi connectivity index (χ1n) is 10.7. The van der Waals surface area contributed by atoms with Gasteiger partial charge >= 0.3 is 6.03 Å². The lowest BCUT2D eigenvalue weighted by atomic mass is 10.0. The van der Waals surface area contributed by atoms with Crippen LogP contribution in [0.15, 0.2) is 85.1 Å². The highest BCUT2D eigenvalue weighted by Crippen LogP contribution is 2.37. The SMILES string of the molecule is Cc1ccc([C@@H]2c3cccn3-c3ccccc3CN2C(=O)Nc2ccc(C)cc2Cl)cc1. The number of aryl methyl sites for hydroxylation is 2. The normalized spacial score (nSPS) is 15.0. The van der Waals surface area contributed by atoms with E-state index in [-0.39, 0.29) is 12.1 Å². The van der Waals surface area contributed by atoms with Crippen molar-refractivity contribution in [3.63, 3.8) is 0 Å². The Morgan fingerprint density at radius 1 is 0.938 bits per heavy atom. The molecule has 0 radical (unpaired) electrons. The molecular weight excluding hydrogens is 418 g/mol. The highest BCUT2D eigenvalue weighted by molar-refractivity contribution is 6.33. The van der Waals surface area contributed by atoms with Gasteiger partial charge in [-0.25, -0.2) is 4.79 Å². The first-order chi connectivity index (χ1) is 15.5. The molecule has 1 atom stereocenters. The minimum absolute atomic E-state index is 0.189. The van der Waals surface area contributed by atoms with Crippen LogP contribution in [0.4, 0.5) is 10.5 Å². The Bertz CT molecular complexity index is 1290. The van der Waals surface area contributed by atoms with Gasteiger partial charge < -0.3 is 14.8 Å². The molecular formula is C27H24ClN3O. The first-order valence-corrected chi connectivity index (χ1v) is 11.0. The van der Waals surface area contributed by atoms with E-state index in [1.165, 1.54) is 5.56 Å². The quantitative estimate of drug-likeness (QED) is 0.361. The van der Waals surface area contributed by atoms with Gasteiger partial charge in [0.1, 0.15) is 0 Å². The summed E-state index contributed by atoms with van der Waals surface area (Å²) in [6, 6.07) is 26.0. The van der Waals surface area contributed by atoms with Crippen LogP contribution in [0.2, 0.25) is 5.02 Å². The molecule has 0 saturated heterocycles. The molecule has 1 N–H and O–H groups in total. The molecule has 4 aromatic rings. The van der Waals surface area contributed by atoms with Crippen LogP contribution in [0.1, 0.15) is 34.0 Å². The molecule has 2 heterocycles. The number of hydrogen-bond acceptors (Lipinski definition) is 1. The number of rotatable bonds is 2. The summed E-state index contributed by atoms with van der Waals surface area (Å²) in [6.45, 7) is 4.52. The number of urea groups is 1. The van der Waals surface area contributed by atoms with Crippen molar-refractivity contribution in [2.75, 3.05) is 5.32 Å². The lowest BCUT2D eigenvalue weighted by Crippen LogP contribution is -2.38. The molecule has 32 heavy (non-hydrogen) atoms. The van der Waals surface area contributed by atoms with Crippen LogP contribution in [0.25, 0.3) is 5.69 Å². The first kappa shape index (κ1) is 20.4. The van der Waals surface area contributed by atoms with Crippen molar-refractivity contribution in [3.8, 4) is 5.69 Å². The topological polar surface area (TPSA) is 37.3 Å². The Balaban J connectivity index is 1.62. The monoisotopic (exact) mass is 441 g/mol. The molecule has 0 spiro atoms. The Hall–Kier alpha value is -3.50. The minimum Gasteiger partial charge on any atom is -0.318 e. The van der Waals surface area contributed by atoms with Crippen molar-refractivity contribution in [1.29, 1.82) is 0 Å². The molecule has 4 nitrogen and oxygen atoms in total. The molecule has 5 rings (SSSR count). The molecule has 2 amide bonds. The summed E-state index contributed by atoms with van der Waals surface area (Å²) in [4.78, 5) is 15.6. The average Bonchev–Trinajstić information content (AvgIpc) is 3.21. The maximum absolute atomic E-state index is 13.7. The number of para-hydroxylation sites is 1. The smallest absolute Gasteiger partial charge is 0.318 e. The number of anilines is 1. The molecule has 1 aliphatic rings. The number of halogens is 1. The van der Waals surface area contributed by atoms with Crippen molar-refractivity contribution >= 4 is 23.3 Å². The summed E-state index contributed by atoms with van der Waals surface area (Å²) in [6.07, 6.45) is 2.06. The number of nitrogens with zero attached hydrogens (tertiary/aromatic N) is 2. The fraction of sp³-hybridized carbons (Fsp3) is 0.148. The third-order valence-electron chi connectivity index (χ3n) is 5.98. The van der Waals surface area contributed by atoms with Gasteiger partial charge in [-0.3, -0.25) is 0 Å². The Labute approximate surface area is 193 Å². The fourth-order valence-corrected chi connectivity index (χ4v) is 4.63. The zero-order valence-corrected chi connectivity index (χ0v) is 18.8. The third kappa shape index (κ3) is 3.67. The van der Waals surface area contributed by atoms with E-state index < -0.39 is 0 Å². The average molecular weight is 442 g/mol. The number of carbonyl (C=O) groups excluding carboxylic acids is 1. The fourth-order valence-electron chi connectivity index (χ4n) is 4.35. The van der Waals surface area contributed by atoms with Gasteiger partial charge in [0, 0.05) is 11.9 Å². The van der Waals surface area contributed by atoms with E-state index in [1.807, 2.05) is 48.2 Å². The number of benzene rings is 3. The summed E-state index contributed by atoms with van der Waals surface area (Å²) in [7, 11) is 0. The minimum atomic E-state index is -0.248. The van der Waals surface area contributed by atoms with Crippen LogP contribution in [0, 0.1) is 13.8 Å². The maximum Gasteiger partial charge on any atom is 0.323 e. The molecule has 160 valence electrons. The van der Waals surface area contributed by atoms with Crippen LogP contribution in [0.3, 0.4) is 0 Å². The van der Waals surface area contributed by atoms with E-state index in [0.717, 1.165) is 28.1 Å². The highest BCUT2D eigenvalue weighted by atomic mass is 35.5. The Morgan fingerprint density at radius 3 is 2.47 bits per heavy atom. The number of nitrogens with one attached hydrogen (secondary N) is 1. The molecule has 0 bridgehead atoms. The molecule has 0 aliphatic carbocycles. The number of fused-ring (bicyclic) bond motifs is 3. The van der Waals surface area contributed by atoms with E-state index >= 15 is 0 Å². The standard InChI is InChI=1S/C27H24ClN3O/c1-18-9-12-20(13-10-18)26-25-8-5-15-30(25)24-7-4-3-6-21(24)17-31(26)27(32)29-23-14-11-19(2)16-22(23)28/h3-16,26H,17H2,1-2H3,(H,29,32)/t26-/m1/s1. The highest BCUT2D eigenvalue weighted by Gasteiger charge is 2.33. The largest absolute Gasteiger partial charge is 0.323 e. The van der Waals surface area contributed by atoms with Crippen LogP contribution < -0.4 is 5.32 Å². The Kier molecular flexibility index (Phi) is 5.24. The van der Waals surface area contributed by atoms with Crippen LogP contribution in [-0.4, -0.2) is 15.5 Å². The van der Waals surface area contributed by atoms with Gasteiger partial charge in [0.05, 0.1) is 29.0 Å². The summed E-state index contributed by atoms with van der Waals surface area (Å²) in [5, 5.41) is 3.58. The van der Waals surface area contributed by atoms with Crippen LogP contribution >= 0.6 is 11.6 Å². The molecule has 1 aromatic heterocycles. The van der Waals surface area contributed by atoms with Gasteiger partial charge in [-0.1, -0.05) is 65.7 Å². The van der Waals surface area contributed by atoms with E-state index in [0.29, 0.717) is 17.3 Å². The maximum atomic E-state index is 13.7. The van der Waals surface area contributed by atoms with Crippen molar-refractivity contribution in [2.45, 2.75) is 26.4 Å². The molecule has 0 unspecified atom stereocenters. The van der Waals surface area contributed by atoms with E-state index in [2.05, 4.69) is 65.5 Å². The van der Waals surface area contributed by atoms with E-state index in [1.54, 1.807) is 0 Å². The van der Waals surface area contributed by atoms with Gasteiger partial charge in [0.15, 0.2) is 0 Å². The van der Waals surface area contributed by atoms with Crippen LogP contribution in [-0.2, 0) is 6.54 Å². The lowest BCUT2D eigenvalue weighted by Gasteiger charge is -2.31. The van der Waals surface area contributed by atoms with E-state index in [4.69, 9.17) is 11.6 Å². The predicted octanol–water partition coefficient (Wildman–Crippen LogP) is 6.88. The van der Waals surface area contributed by atoms with Crippen molar-refractivity contribution in [3.05, 3.63) is 118 Å². The predicted molar refractivity (Wildman–Crippen MR) is 130 cm³/mol. The summed E-state index contributed by atoms with van der Waals surface area (Å²) in [5.41, 5.74) is 7.13. The van der Waals surface area contributed by atoms with Gasteiger partial charge in [0.25, 0.3) is 0 Å². The zero-order valence-electron chi connectivity index (χ0n) is 18.0. The van der Waals surface area contributed by atoms with Crippen LogP contribution in [0.5, 0.6) is 0 Å². The van der Waals surface area contributed by atoms with Crippen molar-refractivity contribution < 1.29 is 4.79 Å². The molecule has 5 heteroatoms. The Morgan fingerprint density at radius 2 is 1.69 bits per heavy atom. The summed E-state index contributed by atoms with van der Waals surface area (Å²) < 4.78 is 2.19. The second-order valence-electron chi connectivity index (χ2n) is 8.29. The third-order valence-corrected chi connectivity index (χ3v) is 6.30. The molecule has 0 fully saturated rings.